The molecule has 2 heterocycles. The van der Waals surface area contributed by atoms with Crippen LogP contribution in [0.1, 0.15) is 22.2 Å². The molecule has 0 spiro atoms. The van der Waals surface area contributed by atoms with Gasteiger partial charge >= 0.3 is 5.97 Å². The maximum atomic E-state index is 12.5. The second-order valence-corrected chi connectivity index (χ2v) is 5.36. The molecule has 1 amide bonds. The number of carbonyl (C=O) groups excluding carboxylic acids is 2. The number of ether oxygens (including phenoxy) is 1. The average Bonchev–Trinajstić information content (AvgIpc) is 2.82. The quantitative estimate of drug-likeness (QED) is 0.848. The van der Waals surface area contributed by atoms with Crippen LogP contribution in [0.25, 0.3) is 10.2 Å². The Kier molecular flexibility index (Phi) is 4.37. The fraction of sp³-hybridized carbons (Fsp3) is 0.385. The molecule has 2 rings (SSSR count). The Morgan fingerprint density at radius 2 is 2.19 bits per heavy atom. The summed E-state index contributed by atoms with van der Waals surface area (Å²) in [5, 5.41) is 0.417. The number of methoxy groups -OCH3 is 1. The van der Waals surface area contributed by atoms with Crippen molar-refractivity contribution in [1.29, 1.82) is 0 Å². The highest BCUT2D eigenvalue weighted by Crippen LogP contribution is 2.27. The molecule has 0 aliphatic carbocycles. The van der Waals surface area contributed by atoms with Crippen LogP contribution in [-0.4, -0.2) is 46.9 Å². The summed E-state index contributed by atoms with van der Waals surface area (Å²) in [7, 11) is 1.27. The number of fused-ring (bicyclic) bond motifs is 1. The van der Waals surface area contributed by atoms with Crippen molar-refractivity contribution < 1.29 is 14.3 Å². The minimum atomic E-state index is -0.486. The zero-order valence-corrected chi connectivity index (χ0v) is 12.7. The molecule has 0 atom stereocenters. The molecular formula is C13H15N3O4S. The molecule has 0 radical (unpaired) electrons. The number of aromatic nitrogens is 2. The molecule has 8 heteroatoms. The minimum absolute atomic E-state index is 0.122. The van der Waals surface area contributed by atoms with E-state index in [2.05, 4.69) is 14.7 Å². The maximum Gasteiger partial charge on any atom is 0.325 e. The number of aromatic amines is 1. The molecule has 2 aromatic heterocycles. The van der Waals surface area contributed by atoms with Gasteiger partial charge in [0.05, 0.1) is 23.7 Å². The lowest BCUT2D eigenvalue weighted by Gasteiger charge is -2.18. The van der Waals surface area contributed by atoms with Crippen LogP contribution in [0.3, 0.4) is 0 Å². The largest absolute Gasteiger partial charge is 0.468 e. The van der Waals surface area contributed by atoms with E-state index in [1.54, 1.807) is 13.8 Å². The molecule has 0 aliphatic heterocycles. The van der Waals surface area contributed by atoms with Gasteiger partial charge in [-0.2, -0.15) is 0 Å². The van der Waals surface area contributed by atoms with E-state index in [-0.39, 0.29) is 18.0 Å². The summed E-state index contributed by atoms with van der Waals surface area (Å²) in [6.45, 7) is 3.72. The number of rotatable bonds is 4. The molecule has 0 unspecified atom stereocenters. The van der Waals surface area contributed by atoms with Gasteiger partial charge in [0.1, 0.15) is 11.4 Å². The van der Waals surface area contributed by atoms with Gasteiger partial charge in [-0.05, 0) is 19.4 Å². The fourth-order valence-electron chi connectivity index (χ4n) is 1.97. The van der Waals surface area contributed by atoms with Crippen LogP contribution in [0.2, 0.25) is 0 Å². The second-order valence-electron chi connectivity index (χ2n) is 4.36. The van der Waals surface area contributed by atoms with Crippen LogP contribution in [0, 0.1) is 6.92 Å². The lowest BCUT2D eigenvalue weighted by atomic mass is 10.2. The summed E-state index contributed by atoms with van der Waals surface area (Å²) in [6.07, 6.45) is 1.31. The van der Waals surface area contributed by atoms with Crippen LogP contribution in [0.15, 0.2) is 11.1 Å². The Hall–Kier alpha value is -2.22. The van der Waals surface area contributed by atoms with Gasteiger partial charge in [-0.25, -0.2) is 4.98 Å². The van der Waals surface area contributed by atoms with E-state index in [9.17, 15) is 14.4 Å². The van der Waals surface area contributed by atoms with E-state index in [0.717, 1.165) is 11.3 Å². The third-order valence-corrected chi connectivity index (χ3v) is 4.33. The Morgan fingerprint density at radius 3 is 2.76 bits per heavy atom. The molecule has 0 saturated heterocycles. The van der Waals surface area contributed by atoms with Gasteiger partial charge in [0.2, 0.25) is 0 Å². The Morgan fingerprint density at radius 1 is 1.48 bits per heavy atom. The summed E-state index contributed by atoms with van der Waals surface area (Å²) in [6, 6.07) is 0. The van der Waals surface area contributed by atoms with Crippen molar-refractivity contribution >= 4 is 33.4 Å². The highest BCUT2D eigenvalue weighted by molar-refractivity contribution is 7.20. The van der Waals surface area contributed by atoms with Crippen LogP contribution >= 0.6 is 11.3 Å². The van der Waals surface area contributed by atoms with Crippen molar-refractivity contribution in [2.75, 3.05) is 20.2 Å². The van der Waals surface area contributed by atoms with Gasteiger partial charge in [0.25, 0.3) is 11.5 Å². The fourth-order valence-corrected chi connectivity index (χ4v) is 3.09. The van der Waals surface area contributed by atoms with Gasteiger partial charge < -0.3 is 14.6 Å². The topological polar surface area (TPSA) is 92.4 Å². The average molecular weight is 309 g/mol. The second kappa shape index (κ2) is 6.04. The number of hydrogen-bond acceptors (Lipinski definition) is 6. The summed E-state index contributed by atoms with van der Waals surface area (Å²) in [4.78, 5) is 44.5. The Balaban J connectivity index is 2.43. The van der Waals surface area contributed by atoms with Crippen molar-refractivity contribution in [3.8, 4) is 0 Å². The van der Waals surface area contributed by atoms with Crippen LogP contribution in [0.4, 0.5) is 0 Å². The first kappa shape index (κ1) is 15.2. The molecule has 2 aromatic rings. The first-order valence-corrected chi connectivity index (χ1v) is 7.14. The van der Waals surface area contributed by atoms with Crippen LogP contribution in [0.5, 0.6) is 0 Å². The van der Waals surface area contributed by atoms with Gasteiger partial charge in [0.15, 0.2) is 0 Å². The molecule has 0 aromatic carbocycles. The summed E-state index contributed by atoms with van der Waals surface area (Å²) >= 11 is 1.15. The maximum absolute atomic E-state index is 12.5. The molecule has 1 N–H and O–H groups in total. The third kappa shape index (κ3) is 2.80. The SMILES string of the molecule is CCN(CC(=O)OC)C(=O)c1sc2nc[nH]c(=O)c2c1C. The highest BCUT2D eigenvalue weighted by Gasteiger charge is 2.23. The molecule has 0 fully saturated rings. The number of esters is 1. The van der Waals surface area contributed by atoms with Crippen LogP contribution < -0.4 is 5.56 Å². The van der Waals surface area contributed by atoms with Crippen molar-refractivity contribution in [3.63, 3.8) is 0 Å². The minimum Gasteiger partial charge on any atom is -0.468 e. The molecule has 0 bridgehead atoms. The van der Waals surface area contributed by atoms with Crippen molar-refractivity contribution in [2.45, 2.75) is 13.8 Å². The molecule has 7 nitrogen and oxygen atoms in total. The Bertz CT molecular complexity index is 749. The standard InChI is InChI=1S/C13H15N3O4S/c1-4-16(5-8(17)20-3)13(19)10-7(2)9-11(18)14-6-15-12(9)21-10/h6H,4-5H2,1-3H3,(H,14,15,18). The number of nitrogens with one attached hydrogen (secondary N) is 1. The molecule has 0 saturated carbocycles. The summed E-state index contributed by atoms with van der Waals surface area (Å²) in [5.74, 6) is -0.789. The zero-order chi connectivity index (χ0) is 15.6. The number of amides is 1. The van der Waals surface area contributed by atoms with E-state index in [1.807, 2.05) is 0 Å². The number of nitrogens with zero attached hydrogens (tertiary/aromatic N) is 2. The van der Waals surface area contributed by atoms with Gasteiger partial charge in [-0.1, -0.05) is 0 Å². The molecule has 21 heavy (non-hydrogen) atoms. The normalized spacial score (nSPS) is 10.6. The summed E-state index contributed by atoms with van der Waals surface area (Å²) < 4.78 is 4.58. The first-order chi connectivity index (χ1) is 9.99. The summed E-state index contributed by atoms with van der Waals surface area (Å²) in [5.41, 5.74) is 0.307. The van der Waals surface area contributed by atoms with Gasteiger partial charge in [-0.15, -0.1) is 11.3 Å². The number of hydrogen-bond donors (Lipinski definition) is 1. The van der Waals surface area contributed by atoms with E-state index in [0.29, 0.717) is 27.2 Å². The Labute approximate surface area is 124 Å². The number of H-pyrrole nitrogens is 1. The van der Waals surface area contributed by atoms with Crippen molar-refractivity contribution in [1.82, 2.24) is 14.9 Å². The van der Waals surface area contributed by atoms with E-state index >= 15 is 0 Å². The molecule has 112 valence electrons. The highest BCUT2D eigenvalue weighted by atomic mass is 32.1. The third-order valence-electron chi connectivity index (χ3n) is 3.14. The number of likely N-dealkylation sites (N-methyl/N-ethyl adjacent to an activating group) is 1. The predicted octanol–water partition coefficient (Wildman–Crippen LogP) is 0.928. The molecular weight excluding hydrogens is 294 g/mol. The lowest BCUT2D eigenvalue weighted by Crippen LogP contribution is -2.35. The van der Waals surface area contributed by atoms with Crippen LogP contribution in [-0.2, 0) is 9.53 Å². The van der Waals surface area contributed by atoms with E-state index in [4.69, 9.17) is 0 Å². The first-order valence-electron chi connectivity index (χ1n) is 6.32. The number of aryl methyl sites for hydroxylation is 1. The van der Waals surface area contributed by atoms with Gasteiger partial charge in [0, 0.05) is 6.54 Å². The number of carbonyl (C=O) groups is 2. The lowest BCUT2D eigenvalue weighted by molar-refractivity contribution is -0.141. The van der Waals surface area contributed by atoms with E-state index in [1.165, 1.54) is 18.3 Å². The number of thiophene rings is 1. The monoisotopic (exact) mass is 309 g/mol. The van der Waals surface area contributed by atoms with E-state index < -0.39 is 5.97 Å². The van der Waals surface area contributed by atoms with Gasteiger partial charge in [-0.3, -0.25) is 14.4 Å². The van der Waals surface area contributed by atoms with Crippen molar-refractivity contribution in [2.24, 2.45) is 0 Å². The smallest absolute Gasteiger partial charge is 0.325 e. The predicted molar refractivity (Wildman–Crippen MR) is 78.6 cm³/mol. The molecule has 0 aliphatic rings. The van der Waals surface area contributed by atoms with Crippen molar-refractivity contribution in [3.05, 3.63) is 27.1 Å². The zero-order valence-electron chi connectivity index (χ0n) is 11.9.